The van der Waals surface area contributed by atoms with Crippen LogP contribution in [0.15, 0.2) is 24.3 Å². The van der Waals surface area contributed by atoms with E-state index in [9.17, 15) is 14.3 Å². The molecule has 0 bridgehead atoms. The molecule has 4 nitrogen and oxygen atoms in total. The lowest BCUT2D eigenvalue weighted by atomic mass is 10.1. The van der Waals surface area contributed by atoms with Crippen molar-refractivity contribution in [3.05, 3.63) is 35.6 Å². The highest BCUT2D eigenvalue weighted by atomic mass is 19.1. The third kappa shape index (κ3) is 4.29. The summed E-state index contributed by atoms with van der Waals surface area (Å²) in [6, 6.07) is 6.47. The largest absolute Gasteiger partial charge is 0.387 e. The second-order valence-electron chi connectivity index (χ2n) is 5.08. The summed E-state index contributed by atoms with van der Waals surface area (Å²) in [5.41, 5.74) is 0.261. The van der Waals surface area contributed by atoms with Crippen molar-refractivity contribution in [3.63, 3.8) is 0 Å². The lowest BCUT2D eigenvalue weighted by Crippen LogP contribution is -2.38. The van der Waals surface area contributed by atoms with Gasteiger partial charge in [0, 0.05) is 18.2 Å². The predicted octanol–water partition coefficient (Wildman–Crippen LogP) is 1.07. The van der Waals surface area contributed by atoms with Crippen molar-refractivity contribution < 1.29 is 14.3 Å². The first-order valence-corrected chi connectivity index (χ1v) is 6.46. The van der Waals surface area contributed by atoms with Gasteiger partial charge in [0.25, 0.3) is 0 Å². The van der Waals surface area contributed by atoms with E-state index < -0.39 is 11.9 Å². The van der Waals surface area contributed by atoms with Crippen molar-refractivity contribution in [2.45, 2.75) is 25.0 Å². The fourth-order valence-electron chi connectivity index (χ4n) is 1.95. The van der Waals surface area contributed by atoms with E-state index in [1.807, 2.05) is 0 Å². The molecule has 1 aromatic carbocycles. The van der Waals surface area contributed by atoms with Gasteiger partial charge >= 0.3 is 0 Å². The molecule has 1 aliphatic rings. The second kappa shape index (κ2) is 6.12. The zero-order chi connectivity index (χ0) is 13.8. The molecule has 0 aliphatic heterocycles. The van der Waals surface area contributed by atoms with Gasteiger partial charge in [0.15, 0.2) is 0 Å². The number of carbonyl (C=O) groups excluding carboxylic acids is 1. The maximum Gasteiger partial charge on any atom is 0.234 e. The molecule has 1 aliphatic carbocycles. The molecule has 5 heteroatoms. The molecule has 0 spiro atoms. The summed E-state index contributed by atoms with van der Waals surface area (Å²) in [5.74, 6) is -0.475. The van der Waals surface area contributed by atoms with Gasteiger partial charge in [0.1, 0.15) is 5.82 Å². The standard InChI is InChI=1S/C14H19FN2O2/c1-17(9-14(19)16-10-6-7-10)8-13(18)11-4-2-3-5-12(11)15/h2-5,10,13,18H,6-9H2,1H3,(H,16,19). The first kappa shape index (κ1) is 14.0. The van der Waals surface area contributed by atoms with E-state index in [1.165, 1.54) is 6.07 Å². The van der Waals surface area contributed by atoms with Crippen molar-refractivity contribution in [1.82, 2.24) is 10.2 Å². The monoisotopic (exact) mass is 266 g/mol. The minimum atomic E-state index is -0.931. The number of carbonyl (C=O) groups is 1. The van der Waals surface area contributed by atoms with Crippen molar-refractivity contribution in [2.75, 3.05) is 20.1 Å². The van der Waals surface area contributed by atoms with Gasteiger partial charge in [-0.2, -0.15) is 0 Å². The maximum absolute atomic E-state index is 13.5. The highest BCUT2D eigenvalue weighted by molar-refractivity contribution is 5.78. The molecule has 1 unspecified atom stereocenters. The molecule has 1 aromatic rings. The van der Waals surface area contributed by atoms with Gasteiger partial charge in [-0.05, 0) is 26.0 Å². The van der Waals surface area contributed by atoms with Crippen LogP contribution in [0.4, 0.5) is 4.39 Å². The topological polar surface area (TPSA) is 52.6 Å². The van der Waals surface area contributed by atoms with Gasteiger partial charge in [-0.1, -0.05) is 18.2 Å². The third-order valence-corrected chi connectivity index (χ3v) is 3.10. The zero-order valence-electron chi connectivity index (χ0n) is 11.0. The number of benzene rings is 1. The molecule has 1 amide bonds. The first-order valence-electron chi connectivity index (χ1n) is 6.46. The first-order chi connectivity index (χ1) is 9.06. The Morgan fingerprint density at radius 2 is 2.21 bits per heavy atom. The van der Waals surface area contributed by atoms with E-state index in [-0.39, 0.29) is 24.6 Å². The Morgan fingerprint density at radius 3 is 2.84 bits per heavy atom. The van der Waals surface area contributed by atoms with Gasteiger partial charge in [0.05, 0.1) is 12.6 Å². The van der Waals surface area contributed by atoms with Gasteiger partial charge in [-0.25, -0.2) is 4.39 Å². The number of likely N-dealkylation sites (N-methyl/N-ethyl adjacent to an activating group) is 1. The van der Waals surface area contributed by atoms with E-state index in [4.69, 9.17) is 0 Å². The van der Waals surface area contributed by atoms with Crippen LogP contribution >= 0.6 is 0 Å². The number of aliphatic hydroxyl groups is 1. The van der Waals surface area contributed by atoms with Crippen LogP contribution in [0.2, 0.25) is 0 Å². The third-order valence-electron chi connectivity index (χ3n) is 3.10. The van der Waals surface area contributed by atoms with Crippen LogP contribution in [-0.2, 0) is 4.79 Å². The zero-order valence-corrected chi connectivity index (χ0v) is 11.0. The lowest BCUT2D eigenvalue weighted by Gasteiger charge is -2.20. The average Bonchev–Trinajstić information content (AvgIpc) is 3.12. The minimum Gasteiger partial charge on any atom is -0.387 e. The van der Waals surface area contributed by atoms with Crippen LogP contribution in [0.5, 0.6) is 0 Å². The Balaban J connectivity index is 1.82. The van der Waals surface area contributed by atoms with Crippen LogP contribution in [0.1, 0.15) is 24.5 Å². The Hall–Kier alpha value is -1.46. The number of nitrogens with one attached hydrogen (secondary N) is 1. The van der Waals surface area contributed by atoms with Crippen LogP contribution in [0, 0.1) is 5.82 Å². The normalized spacial score (nSPS) is 16.4. The van der Waals surface area contributed by atoms with Crippen molar-refractivity contribution in [1.29, 1.82) is 0 Å². The summed E-state index contributed by atoms with van der Waals surface area (Å²) in [6.45, 7) is 0.432. The SMILES string of the molecule is CN(CC(=O)NC1CC1)CC(O)c1ccccc1F. The number of hydrogen-bond acceptors (Lipinski definition) is 3. The molecule has 0 saturated heterocycles. The molecule has 0 heterocycles. The fraction of sp³-hybridized carbons (Fsp3) is 0.500. The summed E-state index contributed by atoms with van der Waals surface area (Å²) < 4.78 is 13.5. The molecule has 1 fully saturated rings. The second-order valence-corrected chi connectivity index (χ2v) is 5.08. The average molecular weight is 266 g/mol. The van der Waals surface area contributed by atoms with Gasteiger partial charge in [0.2, 0.25) is 5.91 Å². The molecule has 2 rings (SSSR count). The quantitative estimate of drug-likeness (QED) is 0.810. The molecule has 0 aromatic heterocycles. The van der Waals surface area contributed by atoms with Crippen molar-refractivity contribution >= 4 is 5.91 Å². The van der Waals surface area contributed by atoms with Gasteiger partial charge < -0.3 is 10.4 Å². The van der Waals surface area contributed by atoms with Crippen molar-refractivity contribution in [2.24, 2.45) is 0 Å². The number of amides is 1. The Labute approximate surface area is 112 Å². The molecule has 1 atom stereocenters. The number of nitrogens with zero attached hydrogens (tertiary/aromatic N) is 1. The van der Waals surface area contributed by atoms with E-state index in [1.54, 1.807) is 30.1 Å². The fourth-order valence-corrected chi connectivity index (χ4v) is 1.95. The summed E-state index contributed by atoms with van der Waals surface area (Å²) in [7, 11) is 1.73. The maximum atomic E-state index is 13.5. The molecule has 2 N–H and O–H groups in total. The summed E-state index contributed by atoms with van der Waals surface area (Å²) in [4.78, 5) is 13.3. The van der Waals surface area contributed by atoms with Crippen molar-refractivity contribution in [3.8, 4) is 0 Å². The molecule has 104 valence electrons. The van der Waals surface area contributed by atoms with E-state index in [2.05, 4.69) is 5.32 Å². The number of hydrogen-bond donors (Lipinski definition) is 2. The highest BCUT2D eigenvalue weighted by Crippen LogP contribution is 2.19. The van der Waals surface area contributed by atoms with E-state index in [0.717, 1.165) is 12.8 Å². The molecule has 1 saturated carbocycles. The minimum absolute atomic E-state index is 0.0502. The Kier molecular flexibility index (Phi) is 4.50. The summed E-state index contributed by atoms with van der Waals surface area (Å²) in [6.07, 6.45) is 1.17. The molecule has 0 radical (unpaired) electrons. The predicted molar refractivity (Wildman–Crippen MR) is 70.0 cm³/mol. The van der Waals surface area contributed by atoms with Crippen LogP contribution in [-0.4, -0.2) is 42.1 Å². The number of aliphatic hydroxyl groups excluding tert-OH is 1. The van der Waals surface area contributed by atoms with E-state index in [0.29, 0.717) is 6.04 Å². The molecular weight excluding hydrogens is 247 g/mol. The highest BCUT2D eigenvalue weighted by Gasteiger charge is 2.24. The molecular formula is C14H19FN2O2. The van der Waals surface area contributed by atoms with Gasteiger partial charge in [-0.15, -0.1) is 0 Å². The number of rotatable bonds is 6. The Bertz CT molecular complexity index is 449. The lowest BCUT2D eigenvalue weighted by molar-refractivity contribution is -0.122. The van der Waals surface area contributed by atoms with Crippen LogP contribution in [0.25, 0.3) is 0 Å². The van der Waals surface area contributed by atoms with E-state index >= 15 is 0 Å². The van der Waals surface area contributed by atoms with Crippen LogP contribution < -0.4 is 5.32 Å². The van der Waals surface area contributed by atoms with Gasteiger partial charge in [-0.3, -0.25) is 9.69 Å². The van der Waals surface area contributed by atoms with Crippen LogP contribution in [0.3, 0.4) is 0 Å². The summed E-state index contributed by atoms with van der Waals surface area (Å²) in [5, 5.41) is 12.8. The number of halogens is 1. The Morgan fingerprint density at radius 1 is 1.53 bits per heavy atom. The summed E-state index contributed by atoms with van der Waals surface area (Å²) >= 11 is 0. The molecule has 19 heavy (non-hydrogen) atoms. The smallest absolute Gasteiger partial charge is 0.234 e.